The van der Waals surface area contributed by atoms with Gasteiger partial charge in [0.15, 0.2) is 12.2 Å². The average molecular weight is 306 g/mol. The Labute approximate surface area is 125 Å². The molecule has 1 N–H and O–H groups in total. The van der Waals surface area contributed by atoms with Crippen molar-refractivity contribution in [2.24, 2.45) is 0 Å². The van der Waals surface area contributed by atoms with Crippen LogP contribution in [0.25, 0.3) is 0 Å². The standard InChI is InChI=1S/C15H12ClNO4/c16-10-6-7-12-11(8-10)14(18)13(17(19)20)15(21-12)9-4-2-1-3-5-9/h1-8,13-15,18H/t13-,14+,15+/m0/s1. The van der Waals surface area contributed by atoms with Gasteiger partial charge in [-0.2, -0.15) is 0 Å². The number of aliphatic hydroxyl groups is 1. The first-order valence-corrected chi connectivity index (χ1v) is 6.78. The third-order valence-electron chi connectivity index (χ3n) is 3.55. The van der Waals surface area contributed by atoms with Crippen molar-refractivity contribution in [3.8, 4) is 5.75 Å². The Morgan fingerprint density at radius 1 is 1.19 bits per heavy atom. The number of benzene rings is 2. The zero-order valence-electron chi connectivity index (χ0n) is 10.8. The molecule has 1 aliphatic heterocycles. The molecule has 0 spiro atoms. The van der Waals surface area contributed by atoms with E-state index < -0.39 is 23.2 Å². The molecule has 2 aromatic rings. The molecule has 1 aliphatic rings. The summed E-state index contributed by atoms with van der Waals surface area (Å²) in [5.41, 5.74) is 0.996. The van der Waals surface area contributed by atoms with E-state index in [2.05, 4.69) is 0 Å². The molecule has 1 heterocycles. The highest BCUT2D eigenvalue weighted by atomic mass is 35.5. The first-order valence-electron chi connectivity index (χ1n) is 6.40. The molecular formula is C15H12ClNO4. The predicted molar refractivity (Wildman–Crippen MR) is 77.0 cm³/mol. The first-order chi connectivity index (χ1) is 10.1. The van der Waals surface area contributed by atoms with Crippen molar-refractivity contribution in [1.82, 2.24) is 0 Å². The number of nitrogens with zero attached hydrogens (tertiary/aromatic N) is 1. The van der Waals surface area contributed by atoms with Crippen LogP contribution >= 0.6 is 11.6 Å². The summed E-state index contributed by atoms with van der Waals surface area (Å²) in [6.07, 6.45) is -2.11. The van der Waals surface area contributed by atoms with Crippen molar-refractivity contribution < 1.29 is 14.8 Å². The van der Waals surface area contributed by atoms with E-state index in [1.165, 1.54) is 6.07 Å². The Balaban J connectivity index is 2.09. The molecule has 6 heteroatoms. The highest BCUT2D eigenvalue weighted by Crippen LogP contribution is 2.43. The van der Waals surface area contributed by atoms with Crippen LogP contribution in [0.4, 0.5) is 0 Å². The van der Waals surface area contributed by atoms with Gasteiger partial charge >= 0.3 is 0 Å². The molecule has 2 aromatic carbocycles. The Kier molecular flexibility index (Phi) is 3.53. The topological polar surface area (TPSA) is 72.6 Å². The Bertz CT molecular complexity index is 677. The summed E-state index contributed by atoms with van der Waals surface area (Å²) < 4.78 is 5.76. The van der Waals surface area contributed by atoms with Gasteiger partial charge in [-0.15, -0.1) is 0 Å². The highest BCUT2D eigenvalue weighted by Gasteiger charge is 2.46. The van der Waals surface area contributed by atoms with Gasteiger partial charge in [-0.05, 0) is 23.8 Å². The van der Waals surface area contributed by atoms with Crippen molar-refractivity contribution in [2.45, 2.75) is 18.2 Å². The van der Waals surface area contributed by atoms with Crippen LogP contribution in [0.1, 0.15) is 23.3 Å². The summed E-state index contributed by atoms with van der Waals surface area (Å²) in [4.78, 5) is 10.9. The monoisotopic (exact) mass is 305 g/mol. The number of rotatable bonds is 2. The molecule has 5 nitrogen and oxygen atoms in total. The molecule has 0 amide bonds. The van der Waals surface area contributed by atoms with Gasteiger partial charge in [0, 0.05) is 15.5 Å². The molecule has 0 aliphatic carbocycles. The van der Waals surface area contributed by atoms with Gasteiger partial charge in [0.1, 0.15) is 5.75 Å². The third kappa shape index (κ3) is 2.46. The van der Waals surface area contributed by atoms with Gasteiger partial charge in [0.05, 0.1) is 0 Å². The van der Waals surface area contributed by atoms with Crippen LogP contribution in [0.3, 0.4) is 0 Å². The maximum absolute atomic E-state index is 11.4. The molecule has 0 bridgehead atoms. The van der Waals surface area contributed by atoms with E-state index >= 15 is 0 Å². The van der Waals surface area contributed by atoms with Crippen molar-refractivity contribution >= 4 is 11.6 Å². The summed E-state index contributed by atoms with van der Waals surface area (Å²) in [5.74, 6) is 0.416. The fourth-order valence-corrected chi connectivity index (χ4v) is 2.73. The minimum Gasteiger partial charge on any atom is -0.478 e. The van der Waals surface area contributed by atoms with Gasteiger partial charge in [-0.25, -0.2) is 0 Å². The SMILES string of the molecule is O=[N+]([O-])[C@H]1[C@H](O)c2cc(Cl)ccc2O[C@@H]1c1ccccc1. The largest absolute Gasteiger partial charge is 0.478 e. The first kappa shape index (κ1) is 13.9. The number of fused-ring (bicyclic) bond motifs is 1. The molecule has 0 saturated heterocycles. The number of halogens is 1. The molecule has 108 valence electrons. The minimum absolute atomic E-state index is 0.344. The molecule has 0 unspecified atom stereocenters. The van der Waals surface area contributed by atoms with Gasteiger partial charge < -0.3 is 9.84 Å². The lowest BCUT2D eigenvalue weighted by atomic mass is 9.90. The predicted octanol–water partition coefficient (Wildman–Crippen LogP) is 3.15. The van der Waals surface area contributed by atoms with Gasteiger partial charge in [-0.1, -0.05) is 41.9 Å². The van der Waals surface area contributed by atoms with Crippen molar-refractivity contribution in [3.05, 3.63) is 74.8 Å². The molecule has 0 saturated carbocycles. The quantitative estimate of drug-likeness (QED) is 0.683. The molecule has 0 radical (unpaired) electrons. The highest BCUT2D eigenvalue weighted by molar-refractivity contribution is 6.30. The maximum atomic E-state index is 11.4. The van der Waals surface area contributed by atoms with E-state index in [-0.39, 0.29) is 0 Å². The fourth-order valence-electron chi connectivity index (χ4n) is 2.55. The van der Waals surface area contributed by atoms with Crippen LogP contribution in [0.15, 0.2) is 48.5 Å². The minimum atomic E-state index is -1.28. The van der Waals surface area contributed by atoms with E-state index in [9.17, 15) is 15.2 Å². The third-order valence-corrected chi connectivity index (χ3v) is 3.78. The van der Waals surface area contributed by atoms with Gasteiger partial charge in [0.25, 0.3) is 6.04 Å². The lowest BCUT2D eigenvalue weighted by Crippen LogP contribution is -2.40. The van der Waals surface area contributed by atoms with E-state index in [0.717, 1.165) is 0 Å². The summed E-state index contributed by atoms with van der Waals surface area (Å²) in [6.45, 7) is 0. The normalized spacial score (nSPS) is 24.0. The average Bonchev–Trinajstić information content (AvgIpc) is 2.48. The summed E-state index contributed by atoms with van der Waals surface area (Å²) in [5, 5.41) is 22.1. The van der Waals surface area contributed by atoms with Crippen LogP contribution < -0.4 is 4.74 Å². The second-order valence-electron chi connectivity index (χ2n) is 4.85. The zero-order chi connectivity index (χ0) is 15.0. The second-order valence-corrected chi connectivity index (χ2v) is 5.29. The van der Waals surface area contributed by atoms with Crippen LogP contribution in [0.2, 0.25) is 5.02 Å². The zero-order valence-corrected chi connectivity index (χ0v) is 11.6. The molecule has 21 heavy (non-hydrogen) atoms. The van der Waals surface area contributed by atoms with Gasteiger partial charge in [-0.3, -0.25) is 10.1 Å². The van der Waals surface area contributed by atoms with Crippen molar-refractivity contribution in [2.75, 3.05) is 0 Å². The smallest absolute Gasteiger partial charge is 0.283 e. The second kappa shape index (κ2) is 5.35. The molecule has 0 fully saturated rings. The van der Waals surface area contributed by atoms with Crippen LogP contribution in [-0.4, -0.2) is 16.1 Å². The fraction of sp³-hybridized carbons (Fsp3) is 0.200. The number of aliphatic hydroxyl groups excluding tert-OH is 1. The van der Waals surface area contributed by atoms with Crippen molar-refractivity contribution in [3.63, 3.8) is 0 Å². The van der Waals surface area contributed by atoms with Crippen LogP contribution in [-0.2, 0) is 0 Å². The van der Waals surface area contributed by atoms with Crippen LogP contribution in [0.5, 0.6) is 5.75 Å². The van der Waals surface area contributed by atoms with Crippen LogP contribution in [0, 0.1) is 10.1 Å². The number of hydrogen-bond donors (Lipinski definition) is 1. The van der Waals surface area contributed by atoms with E-state index in [1.54, 1.807) is 36.4 Å². The summed E-state index contributed by atoms with van der Waals surface area (Å²) >= 11 is 5.89. The van der Waals surface area contributed by atoms with Crippen molar-refractivity contribution in [1.29, 1.82) is 0 Å². The molecule has 3 atom stereocenters. The molecule has 3 rings (SSSR count). The number of hydrogen-bond acceptors (Lipinski definition) is 4. The van der Waals surface area contributed by atoms with Gasteiger partial charge in [0.2, 0.25) is 0 Å². The Morgan fingerprint density at radius 2 is 1.90 bits per heavy atom. The van der Waals surface area contributed by atoms with E-state index in [4.69, 9.17) is 16.3 Å². The lowest BCUT2D eigenvalue weighted by molar-refractivity contribution is -0.549. The molecular weight excluding hydrogens is 294 g/mol. The summed E-state index contributed by atoms with van der Waals surface area (Å²) in [6, 6.07) is 12.3. The molecule has 0 aromatic heterocycles. The Hall–Kier alpha value is -2.11. The lowest BCUT2D eigenvalue weighted by Gasteiger charge is -2.32. The maximum Gasteiger partial charge on any atom is 0.283 e. The van der Waals surface area contributed by atoms with E-state index in [0.29, 0.717) is 21.9 Å². The van der Waals surface area contributed by atoms with E-state index in [1.807, 2.05) is 6.07 Å². The Morgan fingerprint density at radius 3 is 2.57 bits per heavy atom. The number of nitro groups is 1. The number of ether oxygens (including phenoxy) is 1. The summed E-state index contributed by atoms with van der Waals surface area (Å²) in [7, 11) is 0.